The van der Waals surface area contributed by atoms with Gasteiger partial charge in [0.25, 0.3) is 0 Å². The molecule has 0 radical (unpaired) electrons. The molecule has 1 saturated heterocycles. The van der Waals surface area contributed by atoms with Gasteiger partial charge in [0, 0.05) is 11.1 Å². The van der Waals surface area contributed by atoms with Gasteiger partial charge in [-0.15, -0.1) is 0 Å². The maximum Gasteiger partial charge on any atom is 0.314 e. The molecular formula is C14H17BrO3. The van der Waals surface area contributed by atoms with E-state index < -0.39 is 0 Å². The molecule has 2 rings (SSSR count). The van der Waals surface area contributed by atoms with Crippen molar-refractivity contribution in [3.63, 3.8) is 0 Å². The molecule has 0 N–H and O–H groups in total. The molecular weight excluding hydrogens is 296 g/mol. The van der Waals surface area contributed by atoms with Crippen molar-refractivity contribution < 1.29 is 14.3 Å². The van der Waals surface area contributed by atoms with Gasteiger partial charge >= 0.3 is 5.97 Å². The molecule has 1 aliphatic rings. The minimum Gasteiger partial charge on any atom is -0.426 e. The van der Waals surface area contributed by atoms with Crippen LogP contribution in [-0.4, -0.2) is 18.7 Å². The molecule has 2 unspecified atom stereocenters. The maximum absolute atomic E-state index is 12.0. The molecule has 2 atom stereocenters. The highest BCUT2D eigenvalue weighted by Crippen LogP contribution is 2.25. The normalized spacial score (nSPS) is 23.7. The summed E-state index contributed by atoms with van der Waals surface area (Å²) in [5.74, 6) is 0.409. The average Bonchev–Trinajstić information content (AvgIpc) is 2.39. The molecule has 4 heteroatoms. The van der Waals surface area contributed by atoms with E-state index in [0.717, 1.165) is 23.7 Å². The standard InChI is InChI=1S/C14H17BrO3/c1-2-12-8-10(6-7-17-12)14(16)18-13-5-3-4-11(15)9-13/h3-5,9-10,12H,2,6-8H2,1H3. The highest BCUT2D eigenvalue weighted by molar-refractivity contribution is 9.10. The van der Waals surface area contributed by atoms with E-state index in [-0.39, 0.29) is 18.0 Å². The predicted octanol–water partition coefficient (Wildman–Crippen LogP) is 3.56. The molecule has 1 aromatic rings. The number of carbonyl (C=O) groups excluding carboxylic acids is 1. The molecule has 0 aliphatic carbocycles. The van der Waals surface area contributed by atoms with Gasteiger partial charge in [-0.2, -0.15) is 0 Å². The summed E-state index contributed by atoms with van der Waals surface area (Å²) in [6.07, 6.45) is 2.66. The van der Waals surface area contributed by atoms with E-state index in [9.17, 15) is 4.79 Å². The van der Waals surface area contributed by atoms with E-state index >= 15 is 0 Å². The number of hydrogen-bond donors (Lipinski definition) is 0. The topological polar surface area (TPSA) is 35.5 Å². The first-order chi connectivity index (χ1) is 8.69. The fraction of sp³-hybridized carbons (Fsp3) is 0.500. The van der Waals surface area contributed by atoms with Crippen molar-refractivity contribution in [2.45, 2.75) is 32.3 Å². The third kappa shape index (κ3) is 3.56. The highest BCUT2D eigenvalue weighted by atomic mass is 79.9. The first kappa shape index (κ1) is 13.6. The summed E-state index contributed by atoms with van der Waals surface area (Å²) in [4.78, 5) is 12.0. The first-order valence-electron chi connectivity index (χ1n) is 6.28. The number of hydrogen-bond acceptors (Lipinski definition) is 3. The second-order valence-corrected chi connectivity index (χ2v) is 5.42. The average molecular weight is 313 g/mol. The Kier molecular flexibility index (Phi) is 4.78. The minimum absolute atomic E-state index is 0.0392. The number of carbonyl (C=O) groups is 1. The van der Waals surface area contributed by atoms with Crippen LogP contribution < -0.4 is 4.74 Å². The van der Waals surface area contributed by atoms with Gasteiger partial charge in [0.15, 0.2) is 0 Å². The van der Waals surface area contributed by atoms with Crippen LogP contribution in [0.1, 0.15) is 26.2 Å². The maximum atomic E-state index is 12.0. The van der Waals surface area contributed by atoms with Crippen LogP contribution in [0.4, 0.5) is 0 Å². The van der Waals surface area contributed by atoms with Crippen LogP contribution in [0.3, 0.4) is 0 Å². The molecule has 1 heterocycles. The Bertz CT molecular complexity index is 419. The summed E-state index contributed by atoms with van der Waals surface area (Å²) in [5, 5.41) is 0. The molecule has 18 heavy (non-hydrogen) atoms. The number of rotatable bonds is 3. The summed E-state index contributed by atoms with van der Waals surface area (Å²) < 4.78 is 11.9. The van der Waals surface area contributed by atoms with Crippen LogP contribution >= 0.6 is 15.9 Å². The van der Waals surface area contributed by atoms with Crippen LogP contribution in [0.15, 0.2) is 28.7 Å². The van der Waals surface area contributed by atoms with Crippen molar-refractivity contribution in [3.05, 3.63) is 28.7 Å². The fourth-order valence-electron chi connectivity index (χ4n) is 2.11. The van der Waals surface area contributed by atoms with E-state index in [2.05, 4.69) is 22.9 Å². The zero-order valence-corrected chi connectivity index (χ0v) is 12.0. The Hall–Kier alpha value is -0.870. The van der Waals surface area contributed by atoms with Crippen LogP contribution in [0.5, 0.6) is 5.75 Å². The Morgan fingerprint density at radius 3 is 3.11 bits per heavy atom. The molecule has 1 aliphatic heterocycles. The molecule has 0 amide bonds. The van der Waals surface area contributed by atoms with Crippen molar-refractivity contribution >= 4 is 21.9 Å². The Morgan fingerprint density at radius 1 is 1.56 bits per heavy atom. The van der Waals surface area contributed by atoms with Gasteiger partial charge in [-0.25, -0.2) is 0 Å². The molecule has 0 bridgehead atoms. The lowest BCUT2D eigenvalue weighted by Gasteiger charge is -2.27. The van der Waals surface area contributed by atoms with E-state index in [0.29, 0.717) is 12.4 Å². The van der Waals surface area contributed by atoms with Gasteiger partial charge in [0.05, 0.1) is 12.0 Å². The van der Waals surface area contributed by atoms with Gasteiger partial charge < -0.3 is 9.47 Å². The number of esters is 1. The van der Waals surface area contributed by atoms with E-state index in [1.54, 1.807) is 12.1 Å². The van der Waals surface area contributed by atoms with Crippen molar-refractivity contribution in [1.82, 2.24) is 0 Å². The predicted molar refractivity (Wildman–Crippen MR) is 72.5 cm³/mol. The first-order valence-corrected chi connectivity index (χ1v) is 7.07. The molecule has 0 saturated carbocycles. The lowest BCUT2D eigenvalue weighted by molar-refractivity contribution is -0.144. The summed E-state index contributed by atoms with van der Waals surface area (Å²) >= 11 is 3.36. The molecule has 3 nitrogen and oxygen atoms in total. The van der Waals surface area contributed by atoms with Gasteiger partial charge in [0.2, 0.25) is 0 Å². The number of benzene rings is 1. The van der Waals surface area contributed by atoms with Crippen molar-refractivity contribution in [2.75, 3.05) is 6.61 Å². The Morgan fingerprint density at radius 2 is 2.39 bits per heavy atom. The molecule has 0 spiro atoms. The van der Waals surface area contributed by atoms with Crippen LogP contribution in [0.25, 0.3) is 0 Å². The van der Waals surface area contributed by atoms with Crippen molar-refractivity contribution in [3.8, 4) is 5.75 Å². The summed E-state index contributed by atoms with van der Waals surface area (Å²) in [6.45, 7) is 2.73. The SMILES string of the molecule is CCC1CC(C(=O)Oc2cccc(Br)c2)CCO1. The van der Waals surface area contributed by atoms with Crippen LogP contribution in [-0.2, 0) is 9.53 Å². The van der Waals surface area contributed by atoms with Crippen molar-refractivity contribution in [2.24, 2.45) is 5.92 Å². The molecule has 98 valence electrons. The van der Waals surface area contributed by atoms with Gasteiger partial charge in [-0.05, 0) is 37.5 Å². The Labute approximate surface area is 116 Å². The smallest absolute Gasteiger partial charge is 0.314 e. The van der Waals surface area contributed by atoms with Crippen molar-refractivity contribution in [1.29, 1.82) is 0 Å². The zero-order chi connectivity index (χ0) is 13.0. The largest absolute Gasteiger partial charge is 0.426 e. The monoisotopic (exact) mass is 312 g/mol. The van der Waals surface area contributed by atoms with Gasteiger partial charge in [0.1, 0.15) is 5.75 Å². The molecule has 0 aromatic heterocycles. The lowest BCUT2D eigenvalue weighted by atomic mass is 9.94. The van der Waals surface area contributed by atoms with E-state index in [1.165, 1.54) is 0 Å². The van der Waals surface area contributed by atoms with E-state index in [4.69, 9.17) is 9.47 Å². The molecule has 1 aromatic carbocycles. The van der Waals surface area contributed by atoms with Gasteiger partial charge in [-0.1, -0.05) is 28.9 Å². The Balaban J connectivity index is 1.95. The molecule has 1 fully saturated rings. The summed E-state index contributed by atoms with van der Waals surface area (Å²) in [7, 11) is 0. The third-order valence-corrected chi connectivity index (χ3v) is 3.66. The highest BCUT2D eigenvalue weighted by Gasteiger charge is 2.28. The number of ether oxygens (including phenoxy) is 2. The van der Waals surface area contributed by atoms with E-state index in [1.807, 2.05) is 12.1 Å². The van der Waals surface area contributed by atoms with Gasteiger partial charge in [-0.3, -0.25) is 4.79 Å². The van der Waals surface area contributed by atoms with Crippen LogP contribution in [0.2, 0.25) is 0 Å². The number of halogens is 1. The lowest BCUT2D eigenvalue weighted by Crippen LogP contribution is -2.32. The van der Waals surface area contributed by atoms with Crippen LogP contribution in [0, 0.1) is 5.92 Å². The summed E-state index contributed by atoms with van der Waals surface area (Å²) in [6, 6.07) is 7.35. The second kappa shape index (κ2) is 6.34. The fourth-order valence-corrected chi connectivity index (χ4v) is 2.49. The minimum atomic E-state index is -0.144. The zero-order valence-electron chi connectivity index (χ0n) is 10.4. The quantitative estimate of drug-likeness (QED) is 0.632. The second-order valence-electron chi connectivity index (χ2n) is 4.50. The summed E-state index contributed by atoms with van der Waals surface area (Å²) in [5.41, 5.74) is 0. The third-order valence-electron chi connectivity index (χ3n) is 3.17.